The van der Waals surface area contributed by atoms with E-state index in [1.54, 1.807) is 0 Å². The van der Waals surface area contributed by atoms with Gasteiger partial charge in [-0.05, 0) is 67.6 Å². The lowest BCUT2D eigenvalue weighted by Crippen LogP contribution is -2.36. The minimum Gasteiger partial charge on any atom is -0.103 e. The van der Waals surface area contributed by atoms with E-state index in [2.05, 4.69) is 47.3 Å². The topological polar surface area (TPSA) is 0 Å². The van der Waals surface area contributed by atoms with E-state index in [0.29, 0.717) is 10.8 Å². The molecule has 0 aromatic heterocycles. The van der Waals surface area contributed by atoms with E-state index in [4.69, 9.17) is 0 Å². The highest BCUT2D eigenvalue weighted by Gasteiger charge is 2.40. The molecule has 1 rings (SSSR count). The molecule has 0 heterocycles. The normalized spacial score (nSPS) is 30.4. The fourth-order valence-electron chi connectivity index (χ4n) is 3.51. The summed E-state index contributed by atoms with van der Waals surface area (Å²) in [5, 5.41) is 0. The first-order valence-electron chi connectivity index (χ1n) is 8.96. The third-order valence-electron chi connectivity index (χ3n) is 6.53. The predicted molar refractivity (Wildman–Crippen MR) is 92.0 cm³/mol. The van der Waals surface area contributed by atoms with Crippen LogP contribution in [-0.2, 0) is 0 Å². The number of hydrogen-bond acceptors (Lipinski definition) is 0. The Bertz CT molecular complexity index is 292. The first-order chi connectivity index (χ1) is 9.35. The highest BCUT2D eigenvalue weighted by molar-refractivity contribution is 4.91. The molecule has 0 heteroatoms. The van der Waals surface area contributed by atoms with Crippen LogP contribution in [0.1, 0.15) is 92.4 Å². The van der Waals surface area contributed by atoms with Crippen molar-refractivity contribution < 1.29 is 0 Å². The molecule has 0 radical (unpaired) electrons. The molecule has 0 amide bonds. The van der Waals surface area contributed by atoms with Gasteiger partial charge in [0.25, 0.3) is 0 Å². The monoisotopic (exact) mass is 278 g/mol. The van der Waals surface area contributed by atoms with Crippen LogP contribution in [0.2, 0.25) is 0 Å². The summed E-state index contributed by atoms with van der Waals surface area (Å²) in [5.41, 5.74) is 1.18. The van der Waals surface area contributed by atoms with Gasteiger partial charge in [-0.2, -0.15) is 0 Å². The zero-order chi connectivity index (χ0) is 15.2. The van der Waals surface area contributed by atoms with E-state index in [-0.39, 0.29) is 0 Å². The van der Waals surface area contributed by atoms with Gasteiger partial charge >= 0.3 is 0 Å². The van der Waals surface area contributed by atoms with Gasteiger partial charge in [-0.1, -0.05) is 53.5 Å². The standard InChI is InChI=1S/C20H38/c1-7-9-12-19(5,13-10-17(3)8-2)15-16-20(6)14-11-18(20)4/h7,17-18H,1,8-16H2,2-6H3. The van der Waals surface area contributed by atoms with Gasteiger partial charge < -0.3 is 0 Å². The lowest BCUT2D eigenvalue weighted by atomic mass is 9.58. The summed E-state index contributed by atoms with van der Waals surface area (Å²) in [6.45, 7) is 16.2. The number of rotatable bonds is 10. The largest absolute Gasteiger partial charge is 0.103 e. The predicted octanol–water partition coefficient (Wildman–Crippen LogP) is 7.00. The maximum atomic E-state index is 3.92. The van der Waals surface area contributed by atoms with Crippen molar-refractivity contribution in [2.45, 2.75) is 92.4 Å². The molecule has 4 unspecified atom stereocenters. The van der Waals surface area contributed by atoms with Crippen LogP contribution in [0.15, 0.2) is 12.7 Å². The first-order valence-corrected chi connectivity index (χ1v) is 8.96. The highest BCUT2D eigenvalue weighted by atomic mass is 14.5. The third kappa shape index (κ3) is 4.93. The molecule has 0 spiro atoms. The molecule has 1 saturated carbocycles. The van der Waals surface area contributed by atoms with E-state index in [9.17, 15) is 0 Å². The van der Waals surface area contributed by atoms with Crippen molar-refractivity contribution in [3.05, 3.63) is 12.7 Å². The number of hydrogen-bond donors (Lipinski definition) is 0. The maximum Gasteiger partial charge on any atom is -0.0300 e. The van der Waals surface area contributed by atoms with Crippen molar-refractivity contribution in [3.8, 4) is 0 Å². The zero-order valence-corrected chi connectivity index (χ0v) is 14.8. The smallest absolute Gasteiger partial charge is 0.0300 e. The fraction of sp³-hybridized carbons (Fsp3) is 0.900. The van der Waals surface area contributed by atoms with Crippen LogP contribution < -0.4 is 0 Å². The van der Waals surface area contributed by atoms with Gasteiger partial charge in [-0.25, -0.2) is 0 Å². The fourth-order valence-corrected chi connectivity index (χ4v) is 3.51. The second kappa shape index (κ2) is 7.66. The van der Waals surface area contributed by atoms with Gasteiger partial charge in [0.2, 0.25) is 0 Å². The SMILES string of the molecule is C=CCCC(C)(CCC(C)CC)CCC1(C)CCC1C. The van der Waals surface area contributed by atoms with Crippen LogP contribution in [-0.4, -0.2) is 0 Å². The third-order valence-corrected chi connectivity index (χ3v) is 6.53. The van der Waals surface area contributed by atoms with Gasteiger partial charge in [0.1, 0.15) is 0 Å². The van der Waals surface area contributed by atoms with Crippen molar-refractivity contribution in [1.29, 1.82) is 0 Å². The molecule has 0 aromatic rings. The minimum atomic E-state index is 0.538. The Labute approximate surface area is 128 Å². The van der Waals surface area contributed by atoms with Crippen LogP contribution >= 0.6 is 0 Å². The van der Waals surface area contributed by atoms with Crippen LogP contribution in [0.3, 0.4) is 0 Å². The average molecular weight is 279 g/mol. The second-order valence-electron chi connectivity index (χ2n) is 8.28. The van der Waals surface area contributed by atoms with Crippen molar-refractivity contribution in [3.63, 3.8) is 0 Å². The molecule has 0 saturated heterocycles. The lowest BCUT2D eigenvalue weighted by molar-refractivity contribution is 0.0349. The van der Waals surface area contributed by atoms with Crippen molar-refractivity contribution >= 4 is 0 Å². The summed E-state index contributed by atoms with van der Waals surface area (Å²) in [4.78, 5) is 0. The summed E-state index contributed by atoms with van der Waals surface area (Å²) in [7, 11) is 0. The molecular formula is C20H38. The lowest BCUT2D eigenvalue weighted by Gasteiger charge is -2.47. The summed E-state index contributed by atoms with van der Waals surface area (Å²) >= 11 is 0. The molecule has 0 N–H and O–H groups in total. The molecular weight excluding hydrogens is 240 g/mol. The van der Waals surface area contributed by atoms with Crippen LogP contribution in [0.5, 0.6) is 0 Å². The quantitative estimate of drug-likeness (QED) is 0.377. The molecule has 20 heavy (non-hydrogen) atoms. The molecule has 118 valence electrons. The Balaban J connectivity index is 2.50. The Morgan fingerprint density at radius 1 is 1.35 bits per heavy atom. The molecule has 4 atom stereocenters. The van der Waals surface area contributed by atoms with Crippen LogP contribution in [0, 0.1) is 22.7 Å². The molecule has 1 fully saturated rings. The highest BCUT2D eigenvalue weighted by Crippen LogP contribution is 2.51. The van der Waals surface area contributed by atoms with Gasteiger partial charge in [0, 0.05) is 0 Å². The molecule has 0 aromatic carbocycles. The average Bonchev–Trinajstić information content (AvgIpc) is 2.46. The summed E-state index contributed by atoms with van der Waals surface area (Å²) in [5.74, 6) is 1.83. The van der Waals surface area contributed by atoms with Crippen LogP contribution in [0.25, 0.3) is 0 Å². The first kappa shape index (κ1) is 17.8. The summed E-state index contributed by atoms with van der Waals surface area (Å²) in [6, 6.07) is 0. The van der Waals surface area contributed by atoms with E-state index < -0.39 is 0 Å². The number of allylic oxidation sites excluding steroid dienone is 1. The Morgan fingerprint density at radius 3 is 2.50 bits per heavy atom. The molecule has 0 nitrogen and oxygen atoms in total. The zero-order valence-electron chi connectivity index (χ0n) is 14.8. The Kier molecular flexibility index (Phi) is 6.82. The second-order valence-corrected chi connectivity index (χ2v) is 8.28. The van der Waals surface area contributed by atoms with E-state index >= 15 is 0 Å². The van der Waals surface area contributed by atoms with Crippen LogP contribution in [0.4, 0.5) is 0 Å². The maximum absolute atomic E-state index is 3.92. The summed E-state index contributed by atoms with van der Waals surface area (Å²) < 4.78 is 0. The van der Waals surface area contributed by atoms with E-state index in [1.807, 2.05) is 0 Å². The molecule has 0 aliphatic heterocycles. The van der Waals surface area contributed by atoms with Gasteiger partial charge in [-0.3, -0.25) is 0 Å². The Morgan fingerprint density at radius 2 is 2.05 bits per heavy atom. The van der Waals surface area contributed by atoms with Gasteiger partial charge in [-0.15, -0.1) is 6.58 Å². The van der Waals surface area contributed by atoms with Crippen molar-refractivity contribution in [1.82, 2.24) is 0 Å². The van der Waals surface area contributed by atoms with E-state index in [1.165, 1.54) is 57.8 Å². The van der Waals surface area contributed by atoms with Gasteiger partial charge in [0.15, 0.2) is 0 Å². The molecule has 1 aliphatic rings. The molecule has 0 bridgehead atoms. The van der Waals surface area contributed by atoms with Crippen molar-refractivity contribution in [2.24, 2.45) is 22.7 Å². The van der Waals surface area contributed by atoms with E-state index in [0.717, 1.165) is 11.8 Å². The minimum absolute atomic E-state index is 0.538. The summed E-state index contributed by atoms with van der Waals surface area (Å²) in [6.07, 6.45) is 14.5. The molecule has 1 aliphatic carbocycles. The Hall–Kier alpha value is -0.260. The van der Waals surface area contributed by atoms with Gasteiger partial charge in [0.05, 0.1) is 0 Å². The van der Waals surface area contributed by atoms with Crippen molar-refractivity contribution in [2.75, 3.05) is 0 Å².